The van der Waals surface area contributed by atoms with Crippen molar-refractivity contribution < 1.29 is 0 Å². The second-order valence-electron chi connectivity index (χ2n) is 6.48. The van der Waals surface area contributed by atoms with Crippen LogP contribution in [0.3, 0.4) is 0 Å². The van der Waals surface area contributed by atoms with Crippen LogP contribution < -0.4 is 21.9 Å². The predicted molar refractivity (Wildman–Crippen MR) is 106 cm³/mol. The van der Waals surface area contributed by atoms with Crippen molar-refractivity contribution in [3.05, 3.63) is 42.2 Å². The zero-order chi connectivity index (χ0) is 18.6. The first-order valence-corrected chi connectivity index (χ1v) is 9.64. The molecule has 25 heavy (non-hydrogen) atoms. The SMILES string of the molecule is CCCCN(Cc1ccc(Cl)s1)c1c(N)n(CC(C)C)c(=O)[nH]c1=O. The van der Waals surface area contributed by atoms with Crippen LogP contribution in [0.2, 0.25) is 4.34 Å². The van der Waals surface area contributed by atoms with Crippen molar-refractivity contribution in [2.45, 2.75) is 46.7 Å². The summed E-state index contributed by atoms with van der Waals surface area (Å²) in [5.41, 5.74) is 5.70. The van der Waals surface area contributed by atoms with E-state index in [4.69, 9.17) is 17.3 Å². The number of nitrogens with one attached hydrogen (secondary N) is 1. The Morgan fingerprint density at radius 1 is 1.36 bits per heavy atom. The highest BCUT2D eigenvalue weighted by atomic mass is 35.5. The molecule has 0 aromatic carbocycles. The minimum absolute atomic E-state index is 0.223. The van der Waals surface area contributed by atoms with E-state index in [1.807, 2.05) is 30.9 Å². The zero-order valence-electron chi connectivity index (χ0n) is 14.8. The molecule has 0 bridgehead atoms. The highest BCUT2D eigenvalue weighted by molar-refractivity contribution is 7.16. The number of H-pyrrole nitrogens is 1. The molecule has 0 atom stereocenters. The number of aromatic nitrogens is 2. The summed E-state index contributed by atoms with van der Waals surface area (Å²) in [5, 5.41) is 0. The normalized spacial score (nSPS) is 11.2. The van der Waals surface area contributed by atoms with Crippen molar-refractivity contribution in [1.29, 1.82) is 0 Å². The molecule has 0 unspecified atom stereocenters. The number of nitrogens with zero attached hydrogens (tertiary/aromatic N) is 2. The van der Waals surface area contributed by atoms with E-state index < -0.39 is 11.2 Å². The van der Waals surface area contributed by atoms with Gasteiger partial charge >= 0.3 is 5.69 Å². The van der Waals surface area contributed by atoms with Gasteiger partial charge in [-0.25, -0.2) is 4.79 Å². The number of aromatic amines is 1. The largest absolute Gasteiger partial charge is 0.383 e. The van der Waals surface area contributed by atoms with Gasteiger partial charge in [0.2, 0.25) is 0 Å². The molecule has 6 nitrogen and oxygen atoms in total. The van der Waals surface area contributed by atoms with Gasteiger partial charge in [-0.2, -0.15) is 0 Å². The maximum Gasteiger partial charge on any atom is 0.330 e. The van der Waals surface area contributed by atoms with Crippen molar-refractivity contribution in [1.82, 2.24) is 9.55 Å². The minimum atomic E-state index is -0.463. The molecule has 0 aliphatic carbocycles. The first-order valence-electron chi connectivity index (χ1n) is 8.45. The molecular formula is C17H25ClN4O2S. The fourth-order valence-electron chi connectivity index (χ4n) is 2.67. The van der Waals surface area contributed by atoms with Crippen LogP contribution >= 0.6 is 22.9 Å². The molecule has 138 valence electrons. The summed E-state index contributed by atoms with van der Waals surface area (Å²) in [6.45, 7) is 7.76. The molecule has 0 spiro atoms. The molecule has 2 aromatic heterocycles. The molecule has 0 aliphatic heterocycles. The topological polar surface area (TPSA) is 84.1 Å². The molecular weight excluding hydrogens is 360 g/mol. The van der Waals surface area contributed by atoms with E-state index >= 15 is 0 Å². The van der Waals surface area contributed by atoms with Crippen LogP contribution in [0.25, 0.3) is 0 Å². The van der Waals surface area contributed by atoms with E-state index in [0.29, 0.717) is 29.7 Å². The molecule has 2 aromatic rings. The quantitative estimate of drug-likeness (QED) is 0.731. The van der Waals surface area contributed by atoms with Crippen molar-refractivity contribution in [3.8, 4) is 0 Å². The Kier molecular flexibility index (Phi) is 6.72. The van der Waals surface area contributed by atoms with Gasteiger partial charge in [-0.3, -0.25) is 14.3 Å². The van der Waals surface area contributed by atoms with Crippen LogP contribution in [0.4, 0.5) is 11.5 Å². The summed E-state index contributed by atoms with van der Waals surface area (Å²) in [4.78, 5) is 30.0. The monoisotopic (exact) mass is 384 g/mol. The standard InChI is InChI=1S/C17H25ClN4O2S/c1-4-5-8-21(10-12-6-7-13(18)25-12)14-15(19)22(9-11(2)3)17(24)20-16(14)23/h6-7,11H,4-5,8-10,19H2,1-3H3,(H,20,23,24). The molecule has 8 heteroatoms. The summed E-state index contributed by atoms with van der Waals surface area (Å²) in [7, 11) is 0. The summed E-state index contributed by atoms with van der Waals surface area (Å²) >= 11 is 7.50. The van der Waals surface area contributed by atoms with Gasteiger partial charge in [-0.05, 0) is 24.5 Å². The minimum Gasteiger partial charge on any atom is -0.383 e. The number of hydrogen-bond acceptors (Lipinski definition) is 5. The van der Waals surface area contributed by atoms with Gasteiger partial charge in [-0.1, -0.05) is 38.8 Å². The average molecular weight is 385 g/mol. The van der Waals surface area contributed by atoms with Crippen molar-refractivity contribution in [2.75, 3.05) is 17.2 Å². The zero-order valence-corrected chi connectivity index (χ0v) is 16.4. The average Bonchev–Trinajstić information content (AvgIpc) is 2.93. The molecule has 0 radical (unpaired) electrons. The Bertz CT molecular complexity index is 825. The molecule has 0 aliphatic rings. The van der Waals surface area contributed by atoms with Crippen LogP contribution in [0.5, 0.6) is 0 Å². The van der Waals surface area contributed by atoms with Gasteiger partial charge in [-0.15, -0.1) is 11.3 Å². The maximum atomic E-state index is 12.5. The lowest BCUT2D eigenvalue weighted by Gasteiger charge is -2.26. The number of halogens is 1. The predicted octanol–water partition coefficient (Wildman–Crippen LogP) is 3.30. The number of nitrogens with two attached hydrogens (primary N) is 1. The van der Waals surface area contributed by atoms with E-state index in [0.717, 1.165) is 17.7 Å². The smallest absolute Gasteiger partial charge is 0.330 e. The lowest BCUT2D eigenvalue weighted by atomic mass is 10.2. The lowest BCUT2D eigenvalue weighted by Crippen LogP contribution is -2.39. The van der Waals surface area contributed by atoms with Crippen LogP contribution in [0.15, 0.2) is 21.7 Å². The lowest BCUT2D eigenvalue weighted by molar-refractivity contribution is 0.507. The van der Waals surface area contributed by atoms with Crippen LogP contribution in [0.1, 0.15) is 38.5 Å². The molecule has 3 N–H and O–H groups in total. The van der Waals surface area contributed by atoms with E-state index in [1.165, 1.54) is 15.9 Å². The molecule has 0 saturated heterocycles. The van der Waals surface area contributed by atoms with E-state index in [2.05, 4.69) is 11.9 Å². The van der Waals surface area contributed by atoms with Crippen molar-refractivity contribution in [3.63, 3.8) is 0 Å². The van der Waals surface area contributed by atoms with Crippen LogP contribution in [-0.4, -0.2) is 16.1 Å². The first-order chi connectivity index (χ1) is 11.8. The second kappa shape index (κ2) is 8.58. The van der Waals surface area contributed by atoms with E-state index in [-0.39, 0.29) is 11.7 Å². The third-order valence-electron chi connectivity index (χ3n) is 3.84. The summed E-state index contributed by atoms with van der Waals surface area (Å²) < 4.78 is 2.15. The summed E-state index contributed by atoms with van der Waals surface area (Å²) in [6, 6.07) is 3.79. The van der Waals surface area contributed by atoms with Crippen LogP contribution in [0, 0.1) is 5.92 Å². The number of unbranched alkanes of at least 4 members (excludes halogenated alkanes) is 1. The number of rotatable bonds is 8. The van der Waals surface area contributed by atoms with Gasteiger partial charge < -0.3 is 10.6 Å². The Morgan fingerprint density at radius 3 is 2.64 bits per heavy atom. The van der Waals surface area contributed by atoms with E-state index in [9.17, 15) is 9.59 Å². The number of anilines is 2. The van der Waals surface area contributed by atoms with Gasteiger partial charge in [0.1, 0.15) is 11.5 Å². The second-order valence-corrected chi connectivity index (χ2v) is 8.28. The third-order valence-corrected chi connectivity index (χ3v) is 5.05. The van der Waals surface area contributed by atoms with Gasteiger partial charge in [0, 0.05) is 18.0 Å². The summed E-state index contributed by atoms with van der Waals surface area (Å²) in [6.07, 6.45) is 1.91. The summed E-state index contributed by atoms with van der Waals surface area (Å²) in [5.74, 6) is 0.458. The van der Waals surface area contributed by atoms with E-state index in [1.54, 1.807) is 0 Å². The fraction of sp³-hybridized carbons (Fsp3) is 0.529. The van der Waals surface area contributed by atoms with Crippen LogP contribution in [-0.2, 0) is 13.1 Å². The third kappa shape index (κ3) is 4.89. The Morgan fingerprint density at radius 2 is 2.08 bits per heavy atom. The van der Waals surface area contributed by atoms with Gasteiger partial charge in [0.15, 0.2) is 0 Å². The van der Waals surface area contributed by atoms with Gasteiger partial charge in [0.25, 0.3) is 5.56 Å². The highest BCUT2D eigenvalue weighted by Crippen LogP contribution is 2.26. The molecule has 2 rings (SSSR count). The number of thiophene rings is 1. The highest BCUT2D eigenvalue weighted by Gasteiger charge is 2.20. The molecule has 0 fully saturated rings. The number of nitrogen functional groups attached to an aromatic ring is 1. The fourth-order valence-corrected chi connectivity index (χ4v) is 3.78. The molecule has 2 heterocycles. The van der Waals surface area contributed by atoms with Crippen molar-refractivity contribution >= 4 is 34.4 Å². The Balaban J connectivity index is 2.47. The first kappa shape index (κ1) is 19.6. The Labute approximate surface area is 156 Å². The van der Waals surface area contributed by atoms with Crippen molar-refractivity contribution in [2.24, 2.45) is 5.92 Å². The molecule has 0 saturated carbocycles. The Hall–Kier alpha value is -1.73. The molecule has 0 amide bonds. The number of hydrogen-bond donors (Lipinski definition) is 2. The van der Waals surface area contributed by atoms with Gasteiger partial charge in [0.05, 0.1) is 10.9 Å². The maximum absolute atomic E-state index is 12.5.